The van der Waals surface area contributed by atoms with Crippen molar-refractivity contribution in [3.8, 4) is 0 Å². The standard InChI is InChI=1S/C7H12N2O3/c1-5(12-2)4-9-6(10)3-8-7(9)11/h5H,3-4H2,1-2H3,(H,8,11). The molecule has 12 heavy (non-hydrogen) atoms. The van der Waals surface area contributed by atoms with Gasteiger partial charge < -0.3 is 10.1 Å². The third kappa shape index (κ3) is 1.73. The summed E-state index contributed by atoms with van der Waals surface area (Å²) >= 11 is 0. The van der Waals surface area contributed by atoms with E-state index in [0.717, 1.165) is 4.90 Å². The molecule has 1 atom stereocenters. The van der Waals surface area contributed by atoms with Crippen molar-refractivity contribution in [1.82, 2.24) is 10.2 Å². The lowest BCUT2D eigenvalue weighted by Gasteiger charge is -2.16. The van der Waals surface area contributed by atoms with Crippen LogP contribution in [-0.2, 0) is 9.53 Å². The van der Waals surface area contributed by atoms with Gasteiger partial charge >= 0.3 is 6.03 Å². The Morgan fingerprint density at radius 2 is 2.33 bits per heavy atom. The molecule has 1 rings (SSSR count). The number of nitrogens with zero attached hydrogens (tertiary/aromatic N) is 1. The predicted molar refractivity (Wildman–Crippen MR) is 41.6 cm³/mol. The van der Waals surface area contributed by atoms with Crippen LogP contribution in [0.3, 0.4) is 0 Å². The third-order valence-electron chi connectivity index (χ3n) is 1.78. The summed E-state index contributed by atoms with van der Waals surface area (Å²) in [5, 5.41) is 2.43. The van der Waals surface area contributed by atoms with E-state index < -0.39 is 0 Å². The Balaban J connectivity index is 2.50. The number of methoxy groups -OCH3 is 1. The first-order valence-electron chi connectivity index (χ1n) is 3.76. The van der Waals surface area contributed by atoms with Gasteiger partial charge in [-0.05, 0) is 6.92 Å². The summed E-state index contributed by atoms with van der Waals surface area (Å²) in [6.45, 7) is 2.23. The van der Waals surface area contributed by atoms with Crippen molar-refractivity contribution in [1.29, 1.82) is 0 Å². The number of rotatable bonds is 3. The van der Waals surface area contributed by atoms with E-state index in [4.69, 9.17) is 4.74 Å². The van der Waals surface area contributed by atoms with E-state index >= 15 is 0 Å². The van der Waals surface area contributed by atoms with Gasteiger partial charge in [-0.1, -0.05) is 0 Å². The van der Waals surface area contributed by atoms with Gasteiger partial charge in [-0.15, -0.1) is 0 Å². The van der Waals surface area contributed by atoms with E-state index in [0.29, 0.717) is 6.54 Å². The Labute approximate surface area is 70.7 Å². The molecule has 1 N–H and O–H groups in total. The van der Waals surface area contributed by atoms with Crippen LogP contribution in [-0.4, -0.2) is 43.1 Å². The Hall–Kier alpha value is -1.10. The van der Waals surface area contributed by atoms with Gasteiger partial charge in [0.25, 0.3) is 0 Å². The molecule has 5 nitrogen and oxygen atoms in total. The molecule has 3 amide bonds. The summed E-state index contributed by atoms with van der Waals surface area (Å²) in [7, 11) is 1.54. The van der Waals surface area contributed by atoms with Gasteiger partial charge in [-0.2, -0.15) is 0 Å². The van der Waals surface area contributed by atoms with Crippen molar-refractivity contribution in [2.75, 3.05) is 20.2 Å². The number of carbonyl (C=O) groups is 2. The van der Waals surface area contributed by atoms with Crippen LogP contribution >= 0.6 is 0 Å². The second-order valence-corrected chi connectivity index (χ2v) is 2.71. The van der Waals surface area contributed by atoms with Gasteiger partial charge in [-0.3, -0.25) is 9.69 Å². The molecule has 0 aromatic heterocycles. The third-order valence-corrected chi connectivity index (χ3v) is 1.78. The molecule has 0 aromatic rings. The molecular formula is C7H12N2O3. The Kier molecular flexibility index (Phi) is 2.65. The van der Waals surface area contributed by atoms with Crippen molar-refractivity contribution >= 4 is 11.9 Å². The number of carbonyl (C=O) groups excluding carboxylic acids is 2. The summed E-state index contributed by atoms with van der Waals surface area (Å²) in [5.74, 6) is -0.191. The van der Waals surface area contributed by atoms with Crippen molar-refractivity contribution < 1.29 is 14.3 Å². The largest absolute Gasteiger partial charge is 0.380 e. The highest BCUT2D eigenvalue weighted by atomic mass is 16.5. The van der Waals surface area contributed by atoms with Gasteiger partial charge in [0.1, 0.15) is 0 Å². The van der Waals surface area contributed by atoms with E-state index in [-0.39, 0.29) is 24.6 Å². The summed E-state index contributed by atoms with van der Waals surface area (Å²) in [6.07, 6.45) is -0.113. The molecule has 0 aliphatic carbocycles. The summed E-state index contributed by atoms with van der Waals surface area (Å²) in [6, 6.07) is -0.330. The van der Waals surface area contributed by atoms with Crippen LogP contribution in [0.4, 0.5) is 4.79 Å². The number of amides is 3. The molecule has 5 heteroatoms. The van der Waals surface area contributed by atoms with Crippen LogP contribution in [0.1, 0.15) is 6.92 Å². The van der Waals surface area contributed by atoms with Crippen molar-refractivity contribution in [2.24, 2.45) is 0 Å². The maximum absolute atomic E-state index is 11.0. The van der Waals surface area contributed by atoms with Gasteiger partial charge in [0.05, 0.1) is 19.2 Å². The fourth-order valence-corrected chi connectivity index (χ4v) is 0.972. The second kappa shape index (κ2) is 3.53. The zero-order chi connectivity index (χ0) is 9.14. The molecule has 1 aliphatic rings. The lowest BCUT2D eigenvalue weighted by molar-refractivity contribution is -0.126. The first-order chi connectivity index (χ1) is 5.65. The molecule has 1 fully saturated rings. The van der Waals surface area contributed by atoms with E-state index in [2.05, 4.69) is 5.32 Å². The van der Waals surface area contributed by atoms with Gasteiger partial charge in [-0.25, -0.2) is 4.79 Å². The molecule has 1 heterocycles. The molecule has 68 valence electrons. The van der Waals surface area contributed by atoms with E-state index in [1.54, 1.807) is 14.0 Å². The Morgan fingerprint density at radius 3 is 2.75 bits per heavy atom. The molecule has 0 bridgehead atoms. The molecule has 0 spiro atoms. The van der Waals surface area contributed by atoms with Crippen LogP contribution < -0.4 is 5.32 Å². The van der Waals surface area contributed by atoms with Crippen LogP contribution in [0.15, 0.2) is 0 Å². The maximum Gasteiger partial charge on any atom is 0.324 e. The quantitative estimate of drug-likeness (QED) is 0.588. The Bertz CT molecular complexity index is 189. The minimum absolute atomic E-state index is 0.106. The zero-order valence-corrected chi connectivity index (χ0v) is 7.16. The second-order valence-electron chi connectivity index (χ2n) is 2.71. The molecule has 1 saturated heterocycles. The topological polar surface area (TPSA) is 58.6 Å². The van der Waals surface area contributed by atoms with Gasteiger partial charge in [0, 0.05) is 7.11 Å². The summed E-state index contributed by atoms with van der Waals surface area (Å²) in [4.78, 5) is 23.2. The van der Waals surface area contributed by atoms with E-state index in [1.165, 1.54) is 0 Å². The number of urea groups is 1. The molecule has 0 saturated carbocycles. The highest BCUT2D eigenvalue weighted by Crippen LogP contribution is 2.01. The molecular weight excluding hydrogens is 160 g/mol. The summed E-state index contributed by atoms with van der Waals surface area (Å²) in [5.41, 5.74) is 0. The maximum atomic E-state index is 11.0. The lowest BCUT2D eigenvalue weighted by Crippen LogP contribution is -2.37. The predicted octanol–water partition coefficient (Wildman–Crippen LogP) is -0.427. The van der Waals surface area contributed by atoms with E-state index in [1.807, 2.05) is 0 Å². The number of hydrogen-bond donors (Lipinski definition) is 1. The zero-order valence-electron chi connectivity index (χ0n) is 7.16. The first-order valence-corrected chi connectivity index (χ1v) is 3.76. The average Bonchev–Trinajstić information content (AvgIpc) is 2.35. The number of nitrogens with one attached hydrogen (secondary N) is 1. The van der Waals surface area contributed by atoms with Crippen LogP contribution in [0.25, 0.3) is 0 Å². The van der Waals surface area contributed by atoms with Gasteiger partial charge in [0.15, 0.2) is 0 Å². The lowest BCUT2D eigenvalue weighted by atomic mass is 10.4. The van der Waals surface area contributed by atoms with Crippen LogP contribution in [0.5, 0.6) is 0 Å². The number of hydrogen-bond acceptors (Lipinski definition) is 3. The number of imide groups is 1. The monoisotopic (exact) mass is 172 g/mol. The van der Waals surface area contributed by atoms with Crippen molar-refractivity contribution in [2.45, 2.75) is 13.0 Å². The minimum Gasteiger partial charge on any atom is -0.380 e. The van der Waals surface area contributed by atoms with E-state index in [9.17, 15) is 9.59 Å². The normalized spacial score (nSPS) is 19.7. The minimum atomic E-state index is -0.330. The first kappa shape index (κ1) is 8.99. The highest BCUT2D eigenvalue weighted by Gasteiger charge is 2.29. The molecule has 1 unspecified atom stereocenters. The van der Waals surface area contributed by atoms with Gasteiger partial charge in [0.2, 0.25) is 5.91 Å². The highest BCUT2D eigenvalue weighted by molar-refractivity contribution is 6.01. The SMILES string of the molecule is COC(C)CN1C(=O)CNC1=O. The molecule has 0 radical (unpaired) electrons. The van der Waals surface area contributed by atoms with Crippen molar-refractivity contribution in [3.63, 3.8) is 0 Å². The van der Waals surface area contributed by atoms with Crippen molar-refractivity contribution in [3.05, 3.63) is 0 Å². The van der Waals surface area contributed by atoms with Crippen LogP contribution in [0, 0.1) is 0 Å². The molecule has 1 aliphatic heterocycles. The fourth-order valence-electron chi connectivity index (χ4n) is 0.972. The summed E-state index contributed by atoms with van der Waals surface area (Å²) < 4.78 is 4.93. The number of ether oxygens (including phenoxy) is 1. The fraction of sp³-hybridized carbons (Fsp3) is 0.714. The molecule has 0 aromatic carbocycles. The average molecular weight is 172 g/mol. The smallest absolute Gasteiger partial charge is 0.324 e. The Morgan fingerprint density at radius 1 is 1.67 bits per heavy atom. The van der Waals surface area contributed by atoms with Crippen LogP contribution in [0.2, 0.25) is 0 Å².